The first-order valence-corrected chi connectivity index (χ1v) is 7.60. The molecule has 5 nitrogen and oxygen atoms in total. The van der Waals surface area contributed by atoms with Crippen molar-refractivity contribution in [3.63, 3.8) is 0 Å². The molecule has 1 aliphatic rings. The molecule has 2 aromatic rings. The number of nitrogens with one attached hydrogen (secondary N) is 3. The zero-order valence-electron chi connectivity index (χ0n) is 13.1. The fourth-order valence-electron chi connectivity index (χ4n) is 2.80. The molecule has 0 aliphatic carbocycles. The maximum Gasteiger partial charge on any atom is 0.226 e. The Labute approximate surface area is 135 Å². The Balaban J connectivity index is 2.06. The van der Waals surface area contributed by atoms with Crippen molar-refractivity contribution < 1.29 is 9.59 Å². The highest BCUT2D eigenvalue weighted by atomic mass is 16.2. The van der Waals surface area contributed by atoms with Crippen LogP contribution in [0.15, 0.2) is 42.5 Å². The molecule has 2 amide bonds. The number of anilines is 3. The molecule has 118 valence electrons. The summed E-state index contributed by atoms with van der Waals surface area (Å²) in [5.74, 6) is -0.0963. The van der Waals surface area contributed by atoms with E-state index in [1.165, 1.54) is 6.92 Å². The summed E-state index contributed by atoms with van der Waals surface area (Å²) >= 11 is 0. The summed E-state index contributed by atoms with van der Waals surface area (Å²) in [5, 5.41) is 9.14. The van der Waals surface area contributed by atoms with Crippen molar-refractivity contribution in [2.45, 2.75) is 26.3 Å². The molecule has 3 rings (SSSR count). The fourth-order valence-corrected chi connectivity index (χ4v) is 2.80. The van der Waals surface area contributed by atoms with Crippen LogP contribution in [0.5, 0.6) is 0 Å². The van der Waals surface area contributed by atoms with Crippen molar-refractivity contribution in [3.8, 4) is 11.1 Å². The lowest BCUT2D eigenvalue weighted by atomic mass is 10.0. The van der Waals surface area contributed by atoms with Crippen molar-refractivity contribution in [1.82, 2.24) is 0 Å². The highest BCUT2D eigenvalue weighted by Crippen LogP contribution is 2.37. The third kappa shape index (κ3) is 3.34. The summed E-state index contributed by atoms with van der Waals surface area (Å²) in [7, 11) is 0. The normalized spacial score (nSPS) is 16.6. The lowest BCUT2D eigenvalue weighted by molar-refractivity contribution is -0.116. The van der Waals surface area contributed by atoms with Gasteiger partial charge in [-0.3, -0.25) is 9.59 Å². The van der Waals surface area contributed by atoms with Crippen LogP contribution >= 0.6 is 0 Å². The molecule has 0 bridgehead atoms. The summed E-state index contributed by atoms with van der Waals surface area (Å²) < 4.78 is 0. The standard InChI is InChI=1S/C18H19N3O2/c1-11-9-17(23)21-16-8-4-7-15(18(16)19-11)13-5-3-6-14(10-13)20-12(2)22/h3-8,10-11,19H,9H2,1-2H3,(H,20,22)(H,21,23). The lowest BCUT2D eigenvalue weighted by Crippen LogP contribution is -2.19. The van der Waals surface area contributed by atoms with Gasteiger partial charge in [-0.2, -0.15) is 0 Å². The van der Waals surface area contributed by atoms with E-state index in [0.717, 1.165) is 28.2 Å². The molecule has 1 heterocycles. The first kappa shape index (κ1) is 15.1. The Kier molecular flexibility index (Phi) is 4.02. The second-order valence-electron chi connectivity index (χ2n) is 5.79. The Hall–Kier alpha value is -2.82. The van der Waals surface area contributed by atoms with Gasteiger partial charge in [0, 0.05) is 30.6 Å². The molecule has 0 fully saturated rings. The number of amides is 2. The number of benzene rings is 2. The van der Waals surface area contributed by atoms with Gasteiger partial charge in [-0.25, -0.2) is 0 Å². The average Bonchev–Trinajstić information content (AvgIpc) is 2.62. The molecular formula is C18H19N3O2. The average molecular weight is 309 g/mol. The third-order valence-corrected chi connectivity index (χ3v) is 3.71. The Morgan fingerprint density at radius 1 is 1.22 bits per heavy atom. The smallest absolute Gasteiger partial charge is 0.226 e. The number of rotatable bonds is 2. The minimum Gasteiger partial charge on any atom is -0.380 e. The number of hydrogen-bond acceptors (Lipinski definition) is 3. The van der Waals surface area contributed by atoms with E-state index in [0.29, 0.717) is 6.42 Å². The lowest BCUT2D eigenvalue weighted by Gasteiger charge is -2.17. The quantitative estimate of drug-likeness (QED) is 0.795. The molecule has 2 aromatic carbocycles. The van der Waals surface area contributed by atoms with Gasteiger partial charge in [0.2, 0.25) is 11.8 Å². The molecule has 0 spiro atoms. The molecule has 5 heteroatoms. The summed E-state index contributed by atoms with van der Waals surface area (Å²) in [5.41, 5.74) is 4.40. The van der Waals surface area contributed by atoms with E-state index in [1.807, 2.05) is 49.4 Å². The summed E-state index contributed by atoms with van der Waals surface area (Å²) in [6.45, 7) is 3.47. The summed E-state index contributed by atoms with van der Waals surface area (Å²) in [4.78, 5) is 23.1. The van der Waals surface area contributed by atoms with Crippen molar-refractivity contribution in [1.29, 1.82) is 0 Å². The molecule has 1 atom stereocenters. The zero-order chi connectivity index (χ0) is 16.4. The van der Waals surface area contributed by atoms with E-state index in [2.05, 4.69) is 16.0 Å². The molecule has 1 unspecified atom stereocenters. The van der Waals surface area contributed by atoms with Gasteiger partial charge < -0.3 is 16.0 Å². The third-order valence-electron chi connectivity index (χ3n) is 3.71. The monoisotopic (exact) mass is 309 g/mol. The van der Waals surface area contributed by atoms with Crippen LogP contribution in [0.4, 0.5) is 17.1 Å². The highest BCUT2D eigenvalue weighted by molar-refractivity contribution is 6.00. The first-order valence-electron chi connectivity index (χ1n) is 7.60. The van der Waals surface area contributed by atoms with E-state index in [-0.39, 0.29) is 17.9 Å². The van der Waals surface area contributed by atoms with Crippen LogP contribution < -0.4 is 16.0 Å². The van der Waals surface area contributed by atoms with E-state index < -0.39 is 0 Å². The van der Waals surface area contributed by atoms with Gasteiger partial charge in [-0.15, -0.1) is 0 Å². The summed E-state index contributed by atoms with van der Waals surface area (Å²) in [6, 6.07) is 13.5. The molecule has 3 N–H and O–H groups in total. The molecule has 0 saturated carbocycles. The predicted molar refractivity (Wildman–Crippen MR) is 92.5 cm³/mol. The van der Waals surface area contributed by atoms with Gasteiger partial charge in [0.15, 0.2) is 0 Å². The number of para-hydroxylation sites is 1. The molecule has 0 aromatic heterocycles. The second kappa shape index (κ2) is 6.12. The van der Waals surface area contributed by atoms with E-state index in [4.69, 9.17) is 0 Å². The maximum atomic E-state index is 11.9. The Bertz CT molecular complexity index is 771. The van der Waals surface area contributed by atoms with E-state index >= 15 is 0 Å². The van der Waals surface area contributed by atoms with Gasteiger partial charge in [0.25, 0.3) is 0 Å². The minimum atomic E-state index is -0.104. The van der Waals surface area contributed by atoms with Crippen LogP contribution in [0.3, 0.4) is 0 Å². The minimum absolute atomic E-state index is 0.00731. The highest BCUT2D eigenvalue weighted by Gasteiger charge is 2.20. The van der Waals surface area contributed by atoms with Gasteiger partial charge in [-0.05, 0) is 30.7 Å². The second-order valence-corrected chi connectivity index (χ2v) is 5.79. The number of carbonyl (C=O) groups excluding carboxylic acids is 2. The van der Waals surface area contributed by atoms with Gasteiger partial charge in [0.05, 0.1) is 11.4 Å². The van der Waals surface area contributed by atoms with Crippen LogP contribution in [-0.2, 0) is 9.59 Å². The van der Waals surface area contributed by atoms with Crippen molar-refractivity contribution in [2.75, 3.05) is 16.0 Å². The van der Waals surface area contributed by atoms with Crippen molar-refractivity contribution in [2.24, 2.45) is 0 Å². The van der Waals surface area contributed by atoms with Crippen LogP contribution in [0, 0.1) is 0 Å². The van der Waals surface area contributed by atoms with Gasteiger partial charge in [0.1, 0.15) is 0 Å². The number of hydrogen-bond donors (Lipinski definition) is 3. The fraction of sp³-hybridized carbons (Fsp3) is 0.222. The zero-order valence-corrected chi connectivity index (χ0v) is 13.1. The van der Waals surface area contributed by atoms with E-state index in [9.17, 15) is 9.59 Å². The molecule has 23 heavy (non-hydrogen) atoms. The first-order chi connectivity index (χ1) is 11.0. The molecule has 1 aliphatic heterocycles. The van der Waals surface area contributed by atoms with Crippen molar-refractivity contribution in [3.05, 3.63) is 42.5 Å². The Morgan fingerprint density at radius 3 is 2.78 bits per heavy atom. The van der Waals surface area contributed by atoms with Crippen LogP contribution in [-0.4, -0.2) is 17.9 Å². The van der Waals surface area contributed by atoms with Gasteiger partial charge in [-0.1, -0.05) is 24.3 Å². The molecule has 0 saturated heterocycles. The summed E-state index contributed by atoms with van der Waals surface area (Å²) in [6.07, 6.45) is 0.431. The predicted octanol–water partition coefficient (Wildman–Crippen LogP) is 3.45. The SMILES string of the molecule is CC(=O)Nc1cccc(-c2cccc3c2NC(C)CC(=O)N3)c1. The van der Waals surface area contributed by atoms with Crippen LogP contribution in [0.25, 0.3) is 11.1 Å². The van der Waals surface area contributed by atoms with E-state index in [1.54, 1.807) is 0 Å². The molecule has 0 radical (unpaired) electrons. The topological polar surface area (TPSA) is 70.2 Å². The largest absolute Gasteiger partial charge is 0.380 e. The van der Waals surface area contributed by atoms with Crippen molar-refractivity contribution >= 4 is 28.9 Å². The number of fused-ring (bicyclic) bond motifs is 1. The van der Waals surface area contributed by atoms with Crippen LogP contribution in [0.1, 0.15) is 20.3 Å². The Morgan fingerprint density at radius 2 is 2.00 bits per heavy atom. The van der Waals surface area contributed by atoms with Crippen LogP contribution in [0.2, 0.25) is 0 Å². The maximum absolute atomic E-state index is 11.9. The van der Waals surface area contributed by atoms with Gasteiger partial charge >= 0.3 is 0 Å². The molecular weight excluding hydrogens is 290 g/mol. The number of carbonyl (C=O) groups is 2.